The highest BCUT2D eigenvalue weighted by atomic mass is 32.1. The van der Waals surface area contributed by atoms with Gasteiger partial charge in [0, 0.05) is 11.1 Å². The Morgan fingerprint density at radius 1 is 1.30 bits per heavy atom. The molecule has 0 saturated carbocycles. The molecular weight excluding hydrogens is 329 g/mol. The van der Waals surface area contributed by atoms with Crippen molar-refractivity contribution in [2.45, 2.75) is 25.2 Å². The molecule has 1 fully saturated rings. The van der Waals surface area contributed by atoms with Gasteiger partial charge in [0.15, 0.2) is 0 Å². The van der Waals surface area contributed by atoms with Gasteiger partial charge in [-0.3, -0.25) is 4.98 Å². The van der Waals surface area contributed by atoms with Crippen molar-refractivity contribution in [3.8, 4) is 16.8 Å². The number of nitriles is 1. The maximum atomic E-state index is 12.6. The first-order chi connectivity index (χ1) is 10.9. The van der Waals surface area contributed by atoms with Crippen LogP contribution in [0.3, 0.4) is 0 Å². The highest BCUT2D eigenvalue weighted by Gasteiger charge is 2.33. The second kappa shape index (κ2) is 5.86. The minimum atomic E-state index is -4.42. The third kappa shape index (κ3) is 3.04. The van der Waals surface area contributed by atoms with E-state index in [1.807, 2.05) is 6.92 Å². The maximum Gasteiger partial charge on any atom is 0.417 e. The second-order valence-electron chi connectivity index (χ2n) is 4.89. The van der Waals surface area contributed by atoms with Gasteiger partial charge in [-0.2, -0.15) is 24.0 Å². The zero-order valence-corrected chi connectivity index (χ0v) is 12.6. The number of nitrogens with zero attached hydrogens (tertiary/aromatic N) is 3. The zero-order chi connectivity index (χ0) is 16.6. The number of alkyl halides is 3. The molecule has 2 unspecified atom stereocenters. The Morgan fingerprint density at radius 2 is 2.09 bits per heavy atom. The molecule has 6 nitrogen and oxygen atoms in total. The Kier molecular flexibility index (Phi) is 4.03. The van der Waals surface area contributed by atoms with E-state index in [2.05, 4.69) is 32.4 Å². The first-order valence-corrected chi connectivity index (χ1v) is 7.38. The number of aromatic nitrogens is 2. The average Bonchev–Trinajstić information content (AvgIpc) is 3.12. The van der Waals surface area contributed by atoms with Crippen molar-refractivity contribution in [3.63, 3.8) is 0 Å². The van der Waals surface area contributed by atoms with Crippen molar-refractivity contribution >= 4 is 11.3 Å². The molecule has 0 aliphatic carbocycles. The number of halogens is 3. The van der Waals surface area contributed by atoms with Crippen molar-refractivity contribution in [3.05, 3.63) is 34.5 Å². The molecule has 1 aliphatic rings. The molecule has 10 heteroatoms. The van der Waals surface area contributed by atoms with Crippen LogP contribution in [0.2, 0.25) is 0 Å². The average molecular weight is 340 g/mol. The van der Waals surface area contributed by atoms with Crippen LogP contribution in [0.1, 0.15) is 22.2 Å². The molecule has 3 rings (SSSR count). The third-order valence-corrected chi connectivity index (χ3v) is 4.37. The summed E-state index contributed by atoms with van der Waals surface area (Å²) in [4.78, 5) is 9.15. The van der Waals surface area contributed by atoms with Crippen molar-refractivity contribution in [1.82, 2.24) is 26.4 Å². The number of thiazole rings is 1. The molecular formula is C13H11F3N6S. The molecule has 0 spiro atoms. The van der Waals surface area contributed by atoms with Gasteiger partial charge in [-0.05, 0) is 19.1 Å². The first-order valence-electron chi connectivity index (χ1n) is 6.57. The van der Waals surface area contributed by atoms with Gasteiger partial charge in [-0.25, -0.2) is 15.8 Å². The summed E-state index contributed by atoms with van der Waals surface area (Å²) < 4.78 is 37.7. The number of hydrazine groups is 2. The van der Waals surface area contributed by atoms with Gasteiger partial charge in [0.2, 0.25) is 0 Å². The van der Waals surface area contributed by atoms with E-state index in [9.17, 15) is 13.2 Å². The number of aryl methyl sites for hydroxylation is 1. The molecule has 3 N–H and O–H groups in total. The zero-order valence-electron chi connectivity index (χ0n) is 11.8. The summed E-state index contributed by atoms with van der Waals surface area (Å²) in [6.45, 7) is 1.84. The lowest BCUT2D eigenvalue weighted by molar-refractivity contribution is -0.137. The number of pyridine rings is 1. The SMILES string of the molecule is Cc1sc(-c2ccc(C(F)(F)F)cn2)nc1C1NNNC1C#N. The smallest absolute Gasteiger partial charge is 0.253 e. The summed E-state index contributed by atoms with van der Waals surface area (Å²) in [7, 11) is 0. The number of hydrogen-bond donors (Lipinski definition) is 3. The monoisotopic (exact) mass is 340 g/mol. The van der Waals surface area contributed by atoms with E-state index in [-0.39, 0.29) is 6.04 Å². The highest BCUT2D eigenvalue weighted by molar-refractivity contribution is 7.15. The Hall–Kier alpha value is -2.06. The fourth-order valence-corrected chi connectivity index (χ4v) is 3.13. The van der Waals surface area contributed by atoms with Crippen LogP contribution in [-0.2, 0) is 6.18 Å². The summed E-state index contributed by atoms with van der Waals surface area (Å²) in [6.07, 6.45) is -3.62. The van der Waals surface area contributed by atoms with Gasteiger partial charge in [0.1, 0.15) is 11.0 Å². The summed E-state index contributed by atoms with van der Waals surface area (Å²) in [5, 5.41) is 9.59. The lowest BCUT2D eigenvalue weighted by Crippen LogP contribution is -2.32. The fourth-order valence-electron chi connectivity index (χ4n) is 2.19. The van der Waals surface area contributed by atoms with Crippen LogP contribution in [-0.4, -0.2) is 16.0 Å². The standard InChI is InChI=1S/C13H11F3N6S/c1-6-10(11-9(4-17)20-22-21-11)19-12(23-6)8-3-2-7(5-18-8)13(14,15)16/h2-3,5,9,11,20-22H,1H3. The Morgan fingerprint density at radius 3 is 2.70 bits per heavy atom. The van der Waals surface area contributed by atoms with Gasteiger partial charge in [0.05, 0.1) is 29.1 Å². The largest absolute Gasteiger partial charge is 0.417 e. The van der Waals surface area contributed by atoms with Crippen LogP contribution in [0.25, 0.3) is 10.7 Å². The Labute approximate surface area is 133 Å². The van der Waals surface area contributed by atoms with Crippen LogP contribution >= 0.6 is 11.3 Å². The lowest BCUT2D eigenvalue weighted by atomic mass is 10.1. The van der Waals surface area contributed by atoms with E-state index >= 15 is 0 Å². The first kappa shape index (κ1) is 15.8. The second-order valence-corrected chi connectivity index (χ2v) is 6.09. The minimum absolute atomic E-state index is 0.348. The van der Waals surface area contributed by atoms with Crippen LogP contribution in [0.4, 0.5) is 13.2 Å². The predicted octanol–water partition coefficient (Wildman–Crippen LogP) is 2.08. The molecule has 3 heterocycles. The van der Waals surface area contributed by atoms with Gasteiger partial charge < -0.3 is 0 Å². The number of hydrogen-bond acceptors (Lipinski definition) is 7. The molecule has 2 aromatic rings. The quantitative estimate of drug-likeness (QED) is 0.776. The summed E-state index contributed by atoms with van der Waals surface area (Å²) in [5.41, 5.74) is 8.56. The van der Waals surface area contributed by atoms with Crippen molar-refractivity contribution in [2.24, 2.45) is 0 Å². The van der Waals surface area contributed by atoms with Gasteiger partial charge in [-0.1, -0.05) is 0 Å². The number of nitrogens with one attached hydrogen (secondary N) is 3. The Balaban J connectivity index is 1.90. The van der Waals surface area contributed by atoms with E-state index in [0.29, 0.717) is 16.4 Å². The van der Waals surface area contributed by atoms with E-state index in [4.69, 9.17) is 5.26 Å². The van der Waals surface area contributed by atoms with Crippen LogP contribution in [0.5, 0.6) is 0 Å². The van der Waals surface area contributed by atoms with Crippen molar-refractivity contribution < 1.29 is 13.2 Å². The van der Waals surface area contributed by atoms with Gasteiger partial charge in [0.25, 0.3) is 0 Å². The topological polar surface area (TPSA) is 85.7 Å². The molecule has 120 valence electrons. The summed E-state index contributed by atoms with van der Waals surface area (Å²) in [5.74, 6) is 0. The van der Waals surface area contributed by atoms with E-state index < -0.39 is 17.8 Å². The molecule has 0 bridgehead atoms. The van der Waals surface area contributed by atoms with Gasteiger partial charge in [-0.15, -0.1) is 11.3 Å². The molecule has 0 radical (unpaired) electrons. The molecule has 1 aliphatic heterocycles. The third-order valence-electron chi connectivity index (χ3n) is 3.36. The fraction of sp³-hybridized carbons (Fsp3) is 0.308. The molecule has 0 amide bonds. The maximum absolute atomic E-state index is 12.6. The summed E-state index contributed by atoms with van der Waals surface area (Å²) in [6, 6.07) is 3.53. The van der Waals surface area contributed by atoms with E-state index in [1.54, 1.807) is 0 Å². The molecule has 0 aromatic carbocycles. The molecule has 1 saturated heterocycles. The summed E-state index contributed by atoms with van der Waals surface area (Å²) >= 11 is 1.32. The van der Waals surface area contributed by atoms with Crippen LogP contribution < -0.4 is 16.4 Å². The highest BCUT2D eigenvalue weighted by Crippen LogP contribution is 2.33. The van der Waals surface area contributed by atoms with E-state index in [0.717, 1.165) is 17.1 Å². The normalized spacial score (nSPS) is 21.3. The Bertz CT molecular complexity index is 749. The molecule has 23 heavy (non-hydrogen) atoms. The minimum Gasteiger partial charge on any atom is -0.253 e. The van der Waals surface area contributed by atoms with Crippen molar-refractivity contribution in [2.75, 3.05) is 0 Å². The lowest BCUT2D eigenvalue weighted by Gasteiger charge is -2.09. The predicted molar refractivity (Wildman–Crippen MR) is 76.6 cm³/mol. The number of rotatable bonds is 2. The van der Waals surface area contributed by atoms with Crippen molar-refractivity contribution in [1.29, 1.82) is 5.26 Å². The molecule has 2 atom stereocenters. The van der Waals surface area contributed by atoms with Gasteiger partial charge >= 0.3 is 6.18 Å². The van der Waals surface area contributed by atoms with Crippen LogP contribution in [0, 0.1) is 18.3 Å². The van der Waals surface area contributed by atoms with E-state index in [1.165, 1.54) is 17.4 Å². The van der Waals surface area contributed by atoms with Crippen LogP contribution in [0.15, 0.2) is 18.3 Å². The molecule has 2 aromatic heterocycles.